The van der Waals surface area contributed by atoms with E-state index in [0.29, 0.717) is 43.1 Å². The van der Waals surface area contributed by atoms with E-state index in [9.17, 15) is 9.59 Å². The second-order valence-corrected chi connectivity index (χ2v) is 8.22. The van der Waals surface area contributed by atoms with E-state index in [4.69, 9.17) is 4.42 Å². The fourth-order valence-corrected chi connectivity index (χ4v) is 4.05. The van der Waals surface area contributed by atoms with Gasteiger partial charge >= 0.3 is 0 Å². The molecular weight excluding hydrogens is 378 g/mol. The van der Waals surface area contributed by atoms with Gasteiger partial charge < -0.3 is 18.8 Å². The van der Waals surface area contributed by atoms with Crippen LogP contribution in [-0.4, -0.2) is 51.9 Å². The summed E-state index contributed by atoms with van der Waals surface area (Å²) in [7, 11) is 0. The van der Waals surface area contributed by atoms with Gasteiger partial charge in [0.05, 0.1) is 6.26 Å². The lowest BCUT2D eigenvalue weighted by Crippen LogP contribution is -2.55. The van der Waals surface area contributed by atoms with E-state index < -0.39 is 0 Å². The zero-order chi connectivity index (χ0) is 21.4. The minimum absolute atomic E-state index is 0.0118. The number of hydrogen-bond acceptors (Lipinski definition) is 3. The average Bonchev–Trinajstić information content (AvgIpc) is 3.30. The van der Waals surface area contributed by atoms with Crippen LogP contribution < -0.4 is 0 Å². The minimum Gasteiger partial charge on any atom is -0.448 e. The fourth-order valence-electron chi connectivity index (χ4n) is 4.05. The van der Waals surface area contributed by atoms with Gasteiger partial charge in [-0.25, -0.2) is 0 Å². The number of fused-ring (bicyclic) bond motifs is 1. The van der Waals surface area contributed by atoms with Crippen LogP contribution in [0.5, 0.6) is 0 Å². The summed E-state index contributed by atoms with van der Waals surface area (Å²) in [6.45, 7) is 11.9. The molecule has 1 aliphatic heterocycles. The predicted octanol–water partition coefficient (Wildman–Crippen LogP) is 4.11. The molecule has 1 aliphatic rings. The molecule has 0 saturated carbocycles. The molecule has 0 N–H and O–H groups in total. The summed E-state index contributed by atoms with van der Waals surface area (Å²) in [5, 5.41) is 0.904. The van der Waals surface area contributed by atoms with Crippen LogP contribution in [0.3, 0.4) is 0 Å². The molecule has 0 aliphatic carbocycles. The quantitative estimate of drug-likeness (QED) is 0.614. The maximum Gasteiger partial charge on any atom is 0.270 e. The summed E-state index contributed by atoms with van der Waals surface area (Å²) in [5.74, 6) is -0.0327. The van der Waals surface area contributed by atoms with E-state index in [2.05, 4.69) is 6.58 Å². The normalized spacial score (nSPS) is 16.8. The van der Waals surface area contributed by atoms with Gasteiger partial charge in [-0.05, 0) is 45.0 Å². The zero-order valence-electron chi connectivity index (χ0n) is 17.7. The number of carbonyl (C=O) groups is 2. The van der Waals surface area contributed by atoms with Crippen molar-refractivity contribution in [3.63, 3.8) is 0 Å². The molecule has 3 heterocycles. The van der Waals surface area contributed by atoms with Gasteiger partial charge in [-0.2, -0.15) is 0 Å². The molecule has 2 amide bonds. The van der Waals surface area contributed by atoms with E-state index in [-0.39, 0.29) is 17.9 Å². The molecule has 156 valence electrons. The zero-order valence-corrected chi connectivity index (χ0v) is 17.7. The predicted molar refractivity (Wildman–Crippen MR) is 117 cm³/mol. The Morgan fingerprint density at radius 3 is 2.53 bits per heavy atom. The van der Waals surface area contributed by atoms with Gasteiger partial charge in [-0.1, -0.05) is 29.8 Å². The third kappa shape index (κ3) is 3.65. The molecule has 30 heavy (non-hydrogen) atoms. The maximum absolute atomic E-state index is 13.3. The molecule has 1 aromatic carbocycles. The molecule has 0 radical (unpaired) electrons. The van der Waals surface area contributed by atoms with Gasteiger partial charge in [0.2, 0.25) is 5.71 Å². The monoisotopic (exact) mass is 405 g/mol. The first kappa shape index (κ1) is 20.0. The van der Waals surface area contributed by atoms with Crippen LogP contribution in [0.2, 0.25) is 0 Å². The first-order valence-electron chi connectivity index (χ1n) is 10.2. The second kappa shape index (κ2) is 7.86. The number of rotatable bonds is 4. The molecular formula is C24H27N3O3. The van der Waals surface area contributed by atoms with E-state index >= 15 is 0 Å². The average molecular weight is 405 g/mol. The van der Waals surface area contributed by atoms with Crippen molar-refractivity contribution >= 4 is 22.9 Å². The molecule has 3 aromatic rings. The Kier molecular flexibility index (Phi) is 5.24. The fraction of sp³-hybridized carbons (Fsp3) is 0.333. The van der Waals surface area contributed by atoms with Crippen molar-refractivity contribution in [2.75, 3.05) is 19.6 Å². The Hall–Kier alpha value is -3.28. The highest BCUT2D eigenvalue weighted by molar-refractivity contribution is 5.98. The lowest BCUT2D eigenvalue weighted by molar-refractivity contribution is 0.0409. The molecule has 0 spiro atoms. The topological polar surface area (TPSA) is 58.7 Å². The molecule has 2 aromatic heterocycles. The van der Waals surface area contributed by atoms with Crippen molar-refractivity contribution in [1.29, 1.82) is 0 Å². The number of aromatic nitrogens is 1. The first-order valence-corrected chi connectivity index (χ1v) is 10.2. The number of carbonyl (C=O) groups excluding carboxylic acids is 2. The van der Waals surface area contributed by atoms with Crippen molar-refractivity contribution in [3.05, 3.63) is 71.6 Å². The lowest BCUT2D eigenvalue weighted by Gasteiger charge is -2.40. The molecule has 1 atom stereocenters. The van der Waals surface area contributed by atoms with Crippen LogP contribution in [0.1, 0.15) is 40.3 Å². The number of allylic oxidation sites excluding steroid dienone is 1. The Bertz CT molecular complexity index is 1110. The van der Waals surface area contributed by atoms with Crippen molar-refractivity contribution in [2.45, 2.75) is 33.4 Å². The van der Waals surface area contributed by atoms with Gasteiger partial charge in [-0.3, -0.25) is 9.59 Å². The van der Waals surface area contributed by atoms with Crippen molar-refractivity contribution in [3.8, 4) is 0 Å². The van der Waals surface area contributed by atoms with E-state index in [1.54, 1.807) is 6.26 Å². The molecule has 6 nitrogen and oxygen atoms in total. The highest BCUT2D eigenvalue weighted by atomic mass is 16.3. The van der Waals surface area contributed by atoms with E-state index in [0.717, 1.165) is 16.5 Å². The van der Waals surface area contributed by atoms with Crippen molar-refractivity contribution in [1.82, 2.24) is 14.4 Å². The number of nitrogens with zero attached hydrogens (tertiary/aromatic N) is 3. The Morgan fingerprint density at radius 1 is 1.13 bits per heavy atom. The van der Waals surface area contributed by atoms with Gasteiger partial charge in [0, 0.05) is 43.2 Å². The molecule has 6 heteroatoms. The number of piperazine rings is 1. The SMILES string of the molecule is C=C(C)Cn1c(C(=O)N2CCN(C(=O)c3ccc(C)cc3)[C@@H](C)C2)cc2ccoc21. The van der Waals surface area contributed by atoms with Crippen molar-refractivity contribution < 1.29 is 14.0 Å². The van der Waals surface area contributed by atoms with Gasteiger partial charge in [0.25, 0.3) is 11.8 Å². The number of amides is 2. The Balaban J connectivity index is 1.52. The molecule has 1 fully saturated rings. The van der Waals surface area contributed by atoms with Crippen LogP contribution in [0, 0.1) is 6.92 Å². The summed E-state index contributed by atoms with van der Waals surface area (Å²) in [6.07, 6.45) is 1.63. The number of benzene rings is 1. The van der Waals surface area contributed by atoms with E-state index in [1.165, 1.54) is 0 Å². The second-order valence-electron chi connectivity index (χ2n) is 8.22. The Labute approximate surface area is 176 Å². The van der Waals surface area contributed by atoms with Crippen LogP contribution in [0.4, 0.5) is 0 Å². The maximum atomic E-state index is 13.3. The largest absolute Gasteiger partial charge is 0.448 e. The minimum atomic E-state index is -0.0657. The first-order chi connectivity index (χ1) is 14.3. The summed E-state index contributed by atoms with van der Waals surface area (Å²) in [4.78, 5) is 29.9. The third-order valence-electron chi connectivity index (χ3n) is 5.62. The van der Waals surface area contributed by atoms with E-state index in [1.807, 2.05) is 71.5 Å². The number of aryl methyl sites for hydroxylation is 1. The van der Waals surface area contributed by atoms with Crippen molar-refractivity contribution in [2.24, 2.45) is 0 Å². The standard InChI is InChI=1S/C24H27N3O3/c1-16(2)14-27-21(13-20-9-12-30-24(20)27)23(29)25-10-11-26(18(4)15-25)22(28)19-7-5-17(3)6-8-19/h5-9,12-13,18H,1,10-11,14-15H2,2-4H3/t18-/m0/s1. The highest BCUT2D eigenvalue weighted by Gasteiger charge is 2.32. The lowest BCUT2D eigenvalue weighted by atomic mass is 10.1. The summed E-state index contributed by atoms with van der Waals surface area (Å²) in [6, 6.07) is 11.3. The van der Waals surface area contributed by atoms with Gasteiger partial charge in [-0.15, -0.1) is 0 Å². The number of hydrogen-bond donors (Lipinski definition) is 0. The molecule has 4 rings (SSSR count). The Morgan fingerprint density at radius 2 is 1.87 bits per heavy atom. The summed E-state index contributed by atoms with van der Waals surface area (Å²) in [5.41, 5.74) is 4.03. The smallest absolute Gasteiger partial charge is 0.270 e. The van der Waals surface area contributed by atoms with Gasteiger partial charge in [0.15, 0.2) is 0 Å². The third-order valence-corrected chi connectivity index (χ3v) is 5.62. The van der Waals surface area contributed by atoms with Crippen LogP contribution in [0.25, 0.3) is 11.1 Å². The molecule has 0 unspecified atom stereocenters. The van der Waals surface area contributed by atoms with Gasteiger partial charge in [0.1, 0.15) is 5.69 Å². The number of furan rings is 1. The molecule has 1 saturated heterocycles. The van der Waals surface area contributed by atoms with Crippen LogP contribution in [0.15, 0.2) is 59.2 Å². The summed E-state index contributed by atoms with van der Waals surface area (Å²) >= 11 is 0. The highest BCUT2D eigenvalue weighted by Crippen LogP contribution is 2.24. The van der Waals surface area contributed by atoms with Crippen LogP contribution >= 0.6 is 0 Å². The molecule has 0 bridgehead atoms. The van der Waals surface area contributed by atoms with Crippen LogP contribution in [-0.2, 0) is 6.54 Å². The summed E-state index contributed by atoms with van der Waals surface area (Å²) < 4.78 is 7.48.